The number of para-hydroxylation sites is 1. The second-order valence-electron chi connectivity index (χ2n) is 9.38. The lowest BCUT2D eigenvalue weighted by atomic mass is 9.83. The van der Waals surface area contributed by atoms with Crippen molar-refractivity contribution in [2.24, 2.45) is 5.92 Å². The van der Waals surface area contributed by atoms with E-state index in [1.165, 1.54) is 6.42 Å². The van der Waals surface area contributed by atoms with E-state index in [1.807, 2.05) is 12.1 Å². The molecule has 2 N–H and O–H groups in total. The lowest BCUT2D eigenvalue weighted by molar-refractivity contribution is -0.137. The Hall–Kier alpha value is -1.99. The summed E-state index contributed by atoms with van der Waals surface area (Å²) in [4.78, 5) is 16.9. The molecule has 166 valence electrons. The van der Waals surface area contributed by atoms with E-state index in [1.54, 1.807) is 13.8 Å². The number of nitrogens with zero attached hydrogens (tertiary/aromatic N) is 2. The minimum absolute atomic E-state index is 0.211. The van der Waals surface area contributed by atoms with E-state index in [0.717, 1.165) is 81.5 Å². The summed E-state index contributed by atoms with van der Waals surface area (Å²) in [6.07, 6.45) is 5.57. The number of hydrogen-bond acceptors (Lipinski definition) is 6. The van der Waals surface area contributed by atoms with Crippen LogP contribution in [0.1, 0.15) is 46.0 Å². The van der Waals surface area contributed by atoms with Crippen LogP contribution in [-0.4, -0.2) is 67.1 Å². The second kappa shape index (κ2) is 9.02. The number of ether oxygens (including phenoxy) is 2. The van der Waals surface area contributed by atoms with Crippen molar-refractivity contribution in [1.82, 2.24) is 10.2 Å². The van der Waals surface area contributed by atoms with Crippen LogP contribution in [0.4, 0.5) is 5.69 Å². The van der Waals surface area contributed by atoms with Crippen molar-refractivity contribution in [1.29, 1.82) is 0 Å². The predicted octanol–water partition coefficient (Wildman–Crippen LogP) is 2.37. The maximum absolute atomic E-state index is 12.0. The Labute approximate surface area is 179 Å². The summed E-state index contributed by atoms with van der Waals surface area (Å²) < 4.78 is 11.2. The van der Waals surface area contributed by atoms with Crippen molar-refractivity contribution in [3.8, 4) is 11.5 Å². The topological polar surface area (TPSA) is 74.3 Å². The Morgan fingerprint density at radius 3 is 2.57 bits per heavy atom. The quantitative estimate of drug-likeness (QED) is 0.740. The summed E-state index contributed by atoms with van der Waals surface area (Å²) >= 11 is 0. The van der Waals surface area contributed by atoms with Crippen molar-refractivity contribution < 1.29 is 19.4 Å². The first kappa shape index (κ1) is 21.2. The number of nitrogens with one attached hydrogen (secondary N) is 1. The Morgan fingerprint density at radius 2 is 1.87 bits per heavy atom. The van der Waals surface area contributed by atoms with Gasteiger partial charge in [-0.1, -0.05) is 6.07 Å². The number of hydrogen-bond donors (Lipinski definition) is 2. The molecule has 3 aliphatic rings. The summed E-state index contributed by atoms with van der Waals surface area (Å²) in [6.45, 7) is 8.70. The molecule has 1 saturated heterocycles. The Bertz CT molecular complexity index is 732. The fraction of sp³-hybridized carbons (Fsp3) is 0.696. The van der Waals surface area contributed by atoms with Gasteiger partial charge in [-0.3, -0.25) is 9.69 Å². The lowest BCUT2D eigenvalue weighted by Crippen LogP contribution is -2.48. The molecule has 7 heteroatoms. The number of amides is 1. The van der Waals surface area contributed by atoms with Gasteiger partial charge in [0, 0.05) is 32.2 Å². The molecule has 1 aromatic rings. The van der Waals surface area contributed by atoms with Crippen LogP contribution in [0.3, 0.4) is 0 Å². The predicted molar refractivity (Wildman–Crippen MR) is 116 cm³/mol. The van der Waals surface area contributed by atoms with Crippen LogP contribution in [0, 0.1) is 5.92 Å². The van der Waals surface area contributed by atoms with Gasteiger partial charge in [-0.25, -0.2) is 0 Å². The highest BCUT2D eigenvalue weighted by molar-refractivity contribution is 5.84. The van der Waals surface area contributed by atoms with E-state index < -0.39 is 5.60 Å². The van der Waals surface area contributed by atoms with Crippen molar-refractivity contribution in [2.75, 3.05) is 44.4 Å². The van der Waals surface area contributed by atoms with Crippen molar-refractivity contribution in [3.05, 3.63) is 18.2 Å². The molecule has 0 atom stereocenters. The zero-order chi connectivity index (χ0) is 21.1. The molecule has 4 rings (SSSR count). The Kier molecular flexibility index (Phi) is 6.39. The highest BCUT2D eigenvalue weighted by atomic mass is 16.7. The Morgan fingerprint density at radius 1 is 1.13 bits per heavy atom. The van der Waals surface area contributed by atoms with Gasteiger partial charge in [-0.15, -0.1) is 0 Å². The zero-order valence-electron chi connectivity index (χ0n) is 18.2. The number of benzene rings is 1. The number of carbonyl (C=O) groups excluding carboxylic acids is 1. The maximum atomic E-state index is 12.0. The number of anilines is 1. The molecule has 1 aliphatic carbocycles. The van der Waals surface area contributed by atoms with Gasteiger partial charge in [0.15, 0.2) is 11.5 Å². The zero-order valence-corrected chi connectivity index (χ0v) is 18.2. The van der Waals surface area contributed by atoms with Gasteiger partial charge in [0.05, 0.1) is 5.69 Å². The van der Waals surface area contributed by atoms with Gasteiger partial charge < -0.3 is 24.8 Å². The molecule has 1 amide bonds. The van der Waals surface area contributed by atoms with Crippen molar-refractivity contribution in [3.63, 3.8) is 0 Å². The first-order chi connectivity index (χ1) is 14.4. The normalized spacial score (nSPS) is 24.7. The highest BCUT2D eigenvalue weighted by Gasteiger charge is 2.29. The van der Waals surface area contributed by atoms with Gasteiger partial charge in [0.1, 0.15) is 5.60 Å². The maximum Gasteiger partial charge on any atom is 0.251 e. The molecule has 7 nitrogen and oxygen atoms in total. The lowest BCUT2D eigenvalue weighted by Gasteiger charge is -2.37. The van der Waals surface area contributed by atoms with Crippen molar-refractivity contribution in [2.45, 2.75) is 57.6 Å². The number of fused-ring (bicyclic) bond motifs is 1. The van der Waals surface area contributed by atoms with Crippen LogP contribution >= 0.6 is 0 Å². The standard InChI is InChI=1S/C23H35N3O4/c1-23(2,28)22(27)24-18-8-6-17(7-9-18)10-11-25-12-14-26(15-13-25)19-4-3-5-20-21(19)30-16-29-20/h3-5,17-18,28H,6-16H2,1-2H3,(H,24,27)/t17-,18-. The van der Waals surface area contributed by atoms with Crippen LogP contribution < -0.4 is 19.7 Å². The molecule has 0 bridgehead atoms. The van der Waals surface area contributed by atoms with Gasteiger partial charge in [-0.2, -0.15) is 0 Å². The van der Waals surface area contributed by atoms with Gasteiger partial charge in [-0.05, 0) is 70.5 Å². The molecule has 1 aromatic carbocycles. The molecule has 30 heavy (non-hydrogen) atoms. The fourth-order valence-corrected chi connectivity index (χ4v) is 4.70. The van der Waals surface area contributed by atoms with Crippen LogP contribution in [0.15, 0.2) is 18.2 Å². The average molecular weight is 418 g/mol. The smallest absolute Gasteiger partial charge is 0.251 e. The summed E-state index contributed by atoms with van der Waals surface area (Å²) in [5.74, 6) is 2.22. The molecule has 0 spiro atoms. The van der Waals surface area contributed by atoms with Gasteiger partial charge >= 0.3 is 0 Å². The molecule has 0 aromatic heterocycles. The summed E-state index contributed by atoms with van der Waals surface area (Å²) in [7, 11) is 0. The number of carbonyl (C=O) groups is 1. The van der Waals surface area contributed by atoms with Crippen LogP contribution in [0.5, 0.6) is 11.5 Å². The highest BCUT2D eigenvalue weighted by Crippen LogP contribution is 2.41. The third kappa shape index (κ3) is 5.01. The van der Waals surface area contributed by atoms with Crippen molar-refractivity contribution >= 4 is 11.6 Å². The summed E-state index contributed by atoms with van der Waals surface area (Å²) in [5, 5.41) is 12.8. The summed E-state index contributed by atoms with van der Waals surface area (Å²) in [5.41, 5.74) is -0.145. The largest absolute Gasteiger partial charge is 0.454 e. The minimum atomic E-state index is -1.29. The minimum Gasteiger partial charge on any atom is -0.454 e. The van der Waals surface area contributed by atoms with E-state index >= 15 is 0 Å². The molecule has 0 unspecified atom stereocenters. The second-order valence-corrected chi connectivity index (χ2v) is 9.38. The molecular formula is C23H35N3O4. The van der Waals surface area contributed by atoms with Gasteiger partial charge in [0.25, 0.3) is 5.91 Å². The van der Waals surface area contributed by atoms with E-state index in [2.05, 4.69) is 21.2 Å². The average Bonchev–Trinajstić information content (AvgIpc) is 3.22. The first-order valence-electron chi connectivity index (χ1n) is 11.3. The third-order valence-electron chi connectivity index (χ3n) is 6.68. The molecule has 2 fully saturated rings. The van der Waals surface area contributed by atoms with E-state index in [9.17, 15) is 9.90 Å². The number of rotatable bonds is 6. The molecule has 2 aliphatic heterocycles. The molecule has 1 saturated carbocycles. The van der Waals surface area contributed by atoms with E-state index in [0.29, 0.717) is 6.79 Å². The molecule has 2 heterocycles. The Balaban J connectivity index is 1.17. The van der Waals surface area contributed by atoms with E-state index in [-0.39, 0.29) is 11.9 Å². The number of piperazine rings is 1. The third-order valence-corrected chi connectivity index (χ3v) is 6.68. The van der Waals surface area contributed by atoms with Gasteiger partial charge in [0.2, 0.25) is 6.79 Å². The molecular weight excluding hydrogens is 382 g/mol. The van der Waals surface area contributed by atoms with E-state index in [4.69, 9.17) is 9.47 Å². The monoisotopic (exact) mass is 417 g/mol. The van der Waals surface area contributed by atoms with Crippen LogP contribution in [-0.2, 0) is 4.79 Å². The SMILES string of the molecule is CC(C)(O)C(=O)N[C@H]1CC[C@H](CCN2CCN(c3cccc4c3OCO4)CC2)CC1. The first-order valence-corrected chi connectivity index (χ1v) is 11.3. The van der Waals surface area contributed by atoms with Crippen LogP contribution in [0.2, 0.25) is 0 Å². The fourth-order valence-electron chi connectivity index (χ4n) is 4.70. The van der Waals surface area contributed by atoms with Crippen LogP contribution in [0.25, 0.3) is 0 Å². The number of aliphatic hydroxyl groups is 1. The summed E-state index contributed by atoms with van der Waals surface area (Å²) in [6, 6.07) is 6.34. The molecule has 0 radical (unpaired) electrons.